The van der Waals surface area contributed by atoms with Gasteiger partial charge in [-0.1, -0.05) is 36.7 Å². The number of fused-ring (bicyclic) bond motifs is 1. The van der Waals surface area contributed by atoms with Gasteiger partial charge < -0.3 is 5.32 Å². The lowest BCUT2D eigenvalue weighted by molar-refractivity contribution is -0.121. The molecule has 0 saturated heterocycles. The Labute approximate surface area is 166 Å². The van der Waals surface area contributed by atoms with Gasteiger partial charge >= 0.3 is 0 Å². The third kappa shape index (κ3) is 5.20. The number of halogens is 1. The fourth-order valence-corrected chi connectivity index (χ4v) is 3.79. The summed E-state index contributed by atoms with van der Waals surface area (Å²) in [5, 5.41) is 3.69. The molecular formula is C23H26ClNO2. The van der Waals surface area contributed by atoms with Crippen LogP contribution in [0, 0.1) is 0 Å². The molecule has 0 heterocycles. The summed E-state index contributed by atoms with van der Waals surface area (Å²) in [6, 6.07) is 13.4. The quantitative estimate of drug-likeness (QED) is 0.646. The van der Waals surface area contributed by atoms with Crippen LogP contribution in [0.5, 0.6) is 0 Å². The third-order valence-corrected chi connectivity index (χ3v) is 5.52. The molecular weight excluding hydrogens is 358 g/mol. The van der Waals surface area contributed by atoms with Gasteiger partial charge in [0, 0.05) is 23.4 Å². The number of rotatable bonds is 7. The lowest BCUT2D eigenvalue weighted by atomic mass is 9.89. The number of aryl methyl sites for hydroxylation is 2. The molecule has 1 unspecified atom stereocenters. The molecule has 27 heavy (non-hydrogen) atoms. The van der Waals surface area contributed by atoms with Crippen LogP contribution in [0.3, 0.4) is 0 Å². The van der Waals surface area contributed by atoms with E-state index >= 15 is 0 Å². The molecule has 4 heteroatoms. The average molecular weight is 384 g/mol. The maximum absolute atomic E-state index is 12.4. The molecule has 0 fully saturated rings. The van der Waals surface area contributed by atoms with Crippen molar-refractivity contribution in [3.63, 3.8) is 0 Å². The highest BCUT2D eigenvalue weighted by Crippen LogP contribution is 2.26. The van der Waals surface area contributed by atoms with Gasteiger partial charge in [-0.15, -0.1) is 0 Å². The number of ketones is 1. The van der Waals surface area contributed by atoms with Crippen LogP contribution in [0.2, 0.25) is 5.02 Å². The van der Waals surface area contributed by atoms with Gasteiger partial charge in [0.15, 0.2) is 5.78 Å². The third-order valence-electron chi connectivity index (χ3n) is 5.26. The van der Waals surface area contributed by atoms with E-state index in [1.54, 1.807) is 24.3 Å². The zero-order chi connectivity index (χ0) is 19.2. The smallest absolute Gasteiger partial charge is 0.220 e. The first kappa shape index (κ1) is 19.6. The number of hydrogen-bond acceptors (Lipinski definition) is 2. The van der Waals surface area contributed by atoms with Crippen molar-refractivity contribution in [3.05, 3.63) is 69.7 Å². The summed E-state index contributed by atoms with van der Waals surface area (Å²) >= 11 is 5.84. The molecule has 1 atom stereocenters. The zero-order valence-corrected chi connectivity index (χ0v) is 16.5. The van der Waals surface area contributed by atoms with Crippen LogP contribution in [-0.2, 0) is 17.6 Å². The second kappa shape index (κ2) is 9.18. The summed E-state index contributed by atoms with van der Waals surface area (Å²) in [5.41, 5.74) is 4.62. The molecule has 0 aromatic heterocycles. The standard InChI is InChI=1S/C23H26ClNO2/c1-2-21(19-8-7-16-5-3-4-6-18(16)15-19)25-23(27)14-13-22(26)17-9-11-20(24)12-10-17/h7-12,15,21H,2-6,13-14H2,1H3,(H,25,27). The Morgan fingerprint density at radius 2 is 1.70 bits per heavy atom. The normalized spacial score (nSPS) is 14.3. The molecule has 0 bridgehead atoms. The average Bonchev–Trinajstić information content (AvgIpc) is 2.70. The number of carbonyl (C=O) groups excluding carboxylic acids is 2. The maximum Gasteiger partial charge on any atom is 0.220 e. The molecule has 0 aliphatic heterocycles. The van der Waals surface area contributed by atoms with Crippen LogP contribution in [0.4, 0.5) is 0 Å². The van der Waals surface area contributed by atoms with Crippen molar-refractivity contribution in [1.82, 2.24) is 5.32 Å². The van der Waals surface area contributed by atoms with Crippen molar-refractivity contribution in [2.45, 2.75) is 57.9 Å². The van der Waals surface area contributed by atoms with Gasteiger partial charge in [-0.2, -0.15) is 0 Å². The van der Waals surface area contributed by atoms with Crippen molar-refractivity contribution in [2.75, 3.05) is 0 Å². The highest BCUT2D eigenvalue weighted by atomic mass is 35.5. The second-order valence-corrected chi connectivity index (χ2v) is 7.63. The van der Waals surface area contributed by atoms with Crippen LogP contribution in [0.1, 0.15) is 72.1 Å². The molecule has 0 saturated carbocycles. The second-order valence-electron chi connectivity index (χ2n) is 7.19. The Hall–Kier alpha value is -2.13. The number of nitrogens with one attached hydrogen (secondary N) is 1. The first-order valence-electron chi connectivity index (χ1n) is 9.76. The fraction of sp³-hybridized carbons (Fsp3) is 0.391. The molecule has 0 spiro atoms. The van der Waals surface area contributed by atoms with Crippen LogP contribution in [0.25, 0.3) is 0 Å². The largest absolute Gasteiger partial charge is 0.349 e. The van der Waals surface area contributed by atoms with Crippen molar-refractivity contribution in [1.29, 1.82) is 0 Å². The molecule has 2 aromatic carbocycles. The Kier molecular flexibility index (Phi) is 6.68. The first-order valence-corrected chi connectivity index (χ1v) is 10.1. The Morgan fingerprint density at radius 3 is 2.41 bits per heavy atom. The summed E-state index contributed by atoms with van der Waals surface area (Å²) in [5.74, 6) is -0.120. The summed E-state index contributed by atoms with van der Waals surface area (Å²) in [7, 11) is 0. The van der Waals surface area contributed by atoms with Crippen molar-refractivity contribution < 1.29 is 9.59 Å². The van der Waals surface area contributed by atoms with Gasteiger partial charge in [0.05, 0.1) is 6.04 Å². The van der Waals surface area contributed by atoms with Crippen molar-refractivity contribution in [2.24, 2.45) is 0 Å². The molecule has 1 amide bonds. The summed E-state index contributed by atoms with van der Waals surface area (Å²) in [6.45, 7) is 2.07. The van der Waals surface area contributed by atoms with Gasteiger partial charge in [-0.3, -0.25) is 9.59 Å². The predicted molar refractivity (Wildman–Crippen MR) is 109 cm³/mol. The topological polar surface area (TPSA) is 46.2 Å². The molecule has 1 N–H and O–H groups in total. The van der Waals surface area contributed by atoms with E-state index in [4.69, 9.17) is 11.6 Å². The van der Waals surface area contributed by atoms with E-state index in [0.29, 0.717) is 10.6 Å². The van der Waals surface area contributed by atoms with Crippen LogP contribution < -0.4 is 5.32 Å². The van der Waals surface area contributed by atoms with Gasteiger partial charge in [-0.05, 0) is 73.1 Å². The van der Waals surface area contributed by atoms with E-state index in [1.807, 2.05) is 0 Å². The highest BCUT2D eigenvalue weighted by molar-refractivity contribution is 6.30. The van der Waals surface area contributed by atoms with Gasteiger partial charge in [-0.25, -0.2) is 0 Å². The van der Waals surface area contributed by atoms with Crippen molar-refractivity contribution in [3.8, 4) is 0 Å². The number of amides is 1. The van der Waals surface area contributed by atoms with E-state index in [1.165, 1.54) is 24.0 Å². The minimum atomic E-state index is -0.0816. The lowest BCUT2D eigenvalue weighted by Gasteiger charge is -2.21. The van der Waals surface area contributed by atoms with E-state index < -0.39 is 0 Å². The van der Waals surface area contributed by atoms with Gasteiger partial charge in [0.1, 0.15) is 0 Å². The van der Waals surface area contributed by atoms with Crippen molar-refractivity contribution >= 4 is 23.3 Å². The molecule has 0 radical (unpaired) electrons. The Balaban J connectivity index is 1.57. The molecule has 2 aromatic rings. The van der Waals surface area contributed by atoms with E-state index in [-0.39, 0.29) is 30.6 Å². The van der Waals surface area contributed by atoms with Crippen LogP contribution in [0.15, 0.2) is 42.5 Å². The molecule has 142 valence electrons. The lowest BCUT2D eigenvalue weighted by Crippen LogP contribution is -2.28. The van der Waals surface area contributed by atoms with Crippen LogP contribution >= 0.6 is 11.6 Å². The van der Waals surface area contributed by atoms with Gasteiger partial charge in [0.25, 0.3) is 0 Å². The Morgan fingerprint density at radius 1 is 1.00 bits per heavy atom. The van der Waals surface area contributed by atoms with E-state index in [0.717, 1.165) is 24.8 Å². The highest BCUT2D eigenvalue weighted by Gasteiger charge is 2.17. The molecule has 3 rings (SSSR count). The summed E-state index contributed by atoms with van der Waals surface area (Å²) < 4.78 is 0. The number of hydrogen-bond donors (Lipinski definition) is 1. The monoisotopic (exact) mass is 383 g/mol. The van der Waals surface area contributed by atoms with Gasteiger partial charge in [0.2, 0.25) is 5.91 Å². The SMILES string of the molecule is CCC(NC(=O)CCC(=O)c1ccc(Cl)cc1)c1ccc2c(c1)CCCC2. The summed E-state index contributed by atoms with van der Waals surface area (Å²) in [6.07, 6.45) is 6.02. The van der Waals surface area contributed by atoms with Crippen LogP contribution in [-0.4, -0.2) is 11.7 Å². The number of carbonyl (C=O) groups is 2. The van der Waals surface area contributed by atoms with E-state index in [2.05, 4.69) is 30.4 Å². The number of benzene rings is 2. The minimum absolute atomic E-state index is 0.00430. The summed E-state index contributed by atoms with van der Waals surface area (Å²) in [4.78, 5) is 24.6. The maximum atomic E-state index is 12.4. The molecule has 1 aliphatic rings. The first-order chi connectivity index (χ1) is 13.1. The predicted octanol–water partition coefficient (Wildman–Crippen LogP) is 5.45. The Bertz CT molecular complexity index is 814. The minimum Gasteiger partial charge on any atom is -0.349 e. The van der Waals surface area contributed by atoms with E-state index in [9.17, 15) is 9.59 Å². The number of Topliss-reactive ketones (excluding diaryl/α,β-unsaturated/α-hetero) is 1. The zero-order valence-electron chi connectivity index (χ0n) is 15.8. The molecule has 3 nitrogen and oxygen atoms in total. The fourth-order valence-electron chi connectivity index (χ4n) is 3.66. The molecule has 1 aliphatic carbocycles.